The van der Waals surface area contributed by atoms with Gasteiger partial charge in [-0.1, -0.05) is 62.4 Å². The van der Waals surface area contributed by atoms with Gasteiger partial charge in [-0.05, 0) is 85.6 Å². The lowest BCUT2D eigenvalue weighted by Gasteiger charge is -2.39. The topological polar surface area (TPSA) is 87.7 Å². The van der Waals surface area contributed by atoms with Crippen LogP contribution in [0.3, 0.4) is 0 Å². The van der Waals surface area contributed by atoms with Crippen molar-refractivity contribution in [3.05, 3.63) is 34.9 Å². The maximum Gasteiger partial charge on any atom is 0.408 e. The Labute approximate surface area is 230 Å². The normalized spacial score (nSPS) is 16.9. The molecule has 7 nitrogen and oxygen atoms in total. The molecule has 7 heteroatoms. The molecule has 3 unspecified atom stereocenters. The number of amides is 3. The van der Waals surface area contributed by atoms with E-state index in [-0.39, 0.29) is 23.9 Å². The molecule has 214 valence electrons. The number of carbonyl (C=O) groups excluding carboxylic acids is 3. The zero-order valence-corrected chi connectivity index (χ0v) is 25.1. The van der Waals surface area contributed by atoms with Gasteiger partial charge in [0.1, 0.15) is 17.7 Å². The molecule has 3 atom stereocenters. The first-order valence-corrected chi connectivity index (χ1v) is 14.4. The highest BCUT2D eigenvalue weighted by Gasteiger charge is 2.38. The van der Waals surface area contributed by atoms with Crippen LogP contribution >= 0.6 is 0 Å². The van der Waals surface area contributed by atoms with E-state index in [0.29, 0.717) is 5.92 Å². The van der Waals surface area contributed by atoms with Gasteiger partial charge >= 0.3 is 6.09 Å². The predicted octanol–water partition coefficient (Wildman–Crippen LogP) is 6.36. The van der Waals surface area contributed by atoms with Crippen molar-refractivity contribution in [2.24, 2.45) is 5.92 Å². The molecule has 1 fully saturated rings. The Bertz CT molecular complexity index is 927. The Balaban J connectivity index is 2.49. The fourth-order valence-electron chi connectivity index (χ4n) is 5.22. The quantitative estimate of drug-likeness (QED) is 0.369. The van der Waals surface area contributed by atoms with Gasteiger partial charge in [0, 0.05) is 12.1 Å². The summed E-state index contributed by atoms with van der Waals surface area (Å²) in [7, 11) is 0. The molecule has 2 rings (SSSR count). The molecule has 1 aromatic carbocycles. The Morgan fingerprint density at radius 2 is 1.53 bits per heavy atom. The molecule has 0 heterocycles. The second-order valence-electron chi connectivity index (χ2n) is 12.6. The van der Waals surface area contributed by atoms with E-state index in [1.807, 2.05) is 32.9 Å². The second-order valence-corrected chi connectivity index (χ2v) is 12.6. The summed E-state index contributed by atoms with van der Waals surface area (Å²) in [4.78, 5) is 42.4. The lowest BCUT2D eigenvalue weighted by molar-refractivity contribution is -0.145. The Morgan fingerprint density at radius 3 is 2.05 bits per heavy atom. The zero-order valence-electron chi connectivity index (χ0n) is 25.1. The van der Waals surface area contributed by atoms with Crippen LogP contribution in [-0.2, 0) is 14.3 Å². The number of alkyl carbamates (subject to hydrolysis) is 1. The number of carbonyl (C=O) groups is 3. The Morgan fingerprint density at radius 1 is 0.947 bits per heavy atom. The summed E-state index contributed by atoms with van der Waals surface area (Å²) in [6.45, 7) is 17.3. The minimum Gasteiger partial charge on any atom is -0.444 e. The monoisotopic (exact) mass is 529 g/mol. The maximum atomic E-state index is 14.1. The third-order valence-corrected chi connectivity index (χ3v) is 7.03. The summed E-state index contributed by atoms with van der Waals surface area (Å²) in [6, 6.07) is 4.32. The van der Waals surface area contributed by atoms with E-state index in [1.165, 1.54) is 6.42 Å². The molecule has 0 aliphatic heterocycles. The smallest absolute Gasteiger partial charge is 0.408 e. The molecule has 1 aliphatic carbocycles. The molecule has 38 heavy (non-hydrogen) atoms. The highest BCUT2D eigenvalue weighted by atomic mass is 16.6. The van der Waals surface area contributed by atoms with E-state index in [9.17, 15) is 14.4 Å². The number of hydrogen-bond acceptors (Lipinski definition) is 4. The van der Waals surface area contributed by atoms with Crippen LogP contribution in [0.5, 0.6) is 0 Å². The highest BCUT2D eigenvalue weighted by molar-refractivity contribution is 5.92. The molecule has 0 aromatic heterocycles. The van der Waals surface area contributed by atoms with E-state index in [2.05, 4.69) is 30.5 Å². The molecule has 0 spiro atoms. The molecule has 0 saturated heterocycles. The summed E-state index contributed by atoms with van der Waals surface area (Å²) in [5.41, 5.74) is 2.19. The molecular formula is C31H51N3O4. The van der Waals surface area contributed by atoms with Crippen LogP contribution in [-0.4, -0.2) is 46.5 Å². The predicted molar refractivity (Wildman–Crippen MR) is 153 cm³/mol. The van der Waals surface area contributed by atoms with Crippen molar-refractivity contribution in [1.29, 1.82) is 0 Å². The number of nitrogens with one attached hydrogen (secondary N) is 2. The van der Waals surface area contributed by atoms with Gasteiger partial charge in [0.15, 0.2) is 0 Å². The largest absolute Gasteiger partial charge is 0.444 e. The fraction of sp³-hybridized carbons (Fsp3) is 0.710. The van der Waals surface area contributed by atoms with E-state index >= 15 is 0 Å². The third kappa shape index (κ3) is 9.95. The van der Waals surface area contributed by atoms with E-state index in [0.717, 1.165) is 55.2 Å². The second kappa shape index (κ2) is 14.0. The number of ether oxygens (including phenoxy) is 1. The van der Waals surface area contributed by atoms with Crippen molar-refractivity contribution in [2.75, 3.05) is 0 Å². The minimum absolute atomic E-state index is 0.116. The van der Waals surface area contributed by atoms with Crippen molar-refractivity contribution in [1.82, 2.24) is 15.5 Å². The fourth-order valence-corrected chi connectivity index (χ4v) is 5.22. The van der Waals surface area contributed by atoms with Crippen LogP contribution in [0.2, 0.25) is 0 Å². The molecule has 1 saturated carbocycles. The van der Waals surface area contributed by atoms with Gasteiger partial charge in [-0.3, -0.25) is 9.59 Å². The standard InChI is InChI=1S/C31H51N3O4/c1-20(2)15-16-23(5)34(29(36)24(6)32-30(37)38-31(7,8)9)27(25-18-21(3)17-22(4)19-25)28(35)33-26-13-11-10-12-14-26/h17-20,23-24,26-27H,10-16H2,1-9H3,(H,32,37)(H,33,35). The van der Waals surface area contributed by atoms with Crippen LogP contribution < -0.4 is 10.6 Å². The Hall–Kier alpha value is -2.57. The van der Waals surface area contributed by atoms with Crippen LogP contribution in [0.25, 0.3) is 0 Å². The molecule has 1 aliphatic rings. The SMILES string of the molecule is Cc1cc(C)cc(C(C(=O)NC2CCCCC2)N(C(=O)C(C)NC(=O)OC(C)(C)C)C(C)CCC(C)C)c1. The number of aryl methyl sites for hydroxylation is 2. The van der Waals surface area contributed by atoms with Crippen LogP contribution in [0.15, 0.2) is 18.2 Å². The van der Waals surface area contributed by atoms with Crippen molar-refractivity contribution < 1.29 is 19.1 Å². The molecule has 0 radical (unpaired) electrons. The molecule has 0 bridgehead atoms. The number of benzene rings is 1. The molecule has 1 aromatic rings. The zero-order chi connectivity index (χ0) is 28.6. The summed E-state index contributed by atoms with van der Waals surface area (Å²) >= 11 is 0. The first-order valence-electron chi connectivity index (χ1n) is 14.4. The van der Waals surface area contributed by atoms with Crippen LogP contribution in [0.4, 0.5) is 4.79 Å². The van der Waals surface area contributed by atoms with Crippen LogP contribution in [0, 0.1) is 19.8 Å². The van der Waals surface area contributed by atoms with Gasteiger partial charge in [-0.15, -0.1) is 0 Å². The number of nitrogens with zero attached hydrogens (tertiary/aromatic N) is 1. The average Bonchev–Trinajstić information content (AvgIpc) is 2.79. The van der Waals surface area contributed by atoms with Crippen molar-refractivity contribution in [2.45, 2.75) is 137 Å². The van der Waals surface area contributed by atoms with E-state index < -0.39 is 23.8 Å². The van der Waals surface area contributed by atoms with E-state index in [1.54, 1.807) is 32.6 Å². The van der Waals surface area contributed by atoms with Crippen LogP contribution in [0.1, 0.15) is 116 Å². The third-order valence-electron chi connectivity index (χ3n) is 7.03. The summed E-state index contributed by atoms with van der Waals surface area (Å²) in [5.74, 6) is 0.00799. The lowest BCUT2D eigenvalue weighted by Crippen LogP contribution is -2.55. The molecule has 2 N–H and O–H groups in total. The van der Waals surface area contributed by atoms with Crippen molar-refractivity contribution in [3.63, 3.8) is 0 Å². The first-order chi connectivity index (χ1) is 17.7. The minimum atomic E-state index is -0.859. The lowest BCUT2D eigenvalue weighted by atomic mass is 9.93. The molecular weight excluding hydrogens is 478 g/mol. The summed E-state index contributed by atoms with van der Waals surface area (Å²) in [5, 5.41) is 5.98. The van der Waals surface area contributed by atoms with Gasteiger partial charge in [0.25, 0.3) is 0 Å². The molecule has 3 amide bonds. The van der Waals surface area contributed by atoms with Gasteiger partial charge in [-0.25, -0.2) is 4.79 Å². The van der Waals surface area contributed by atoms with Gasteiger partial charge < -0.3 is 20.3 Å². The van der Waals surface area contributed by atoms with Crippen molar-refractivity contribution in [3.8, 4) is 0 Å². The summed E-state index contributed by atoms with van der Waals surface area (Å²) < 4.78 is 5.40. The van der Waals surface area contributed by atoms with Gasteiger partial charge in [0.05, 0.1) is 0 Å². The van der Waals surface area contributed by atoms with Gasteiger partial charge in [-0.2, -0.15) is 0 Å². The van der Waals surface area contributed by atoms with Gasteiger partial charge in [0.2, 0.25) is 11.8 Å². The number of hydrogen-bond donors (Lipinski definition) is 2. The first kappa shape index (κ1) is 31.6. The highest BCUT2D eigenvalue weighted by Crippen LogP contribution is 2.30. The van der Waals surface area contributed by atoms with E-state index in [4.69, 9.17) is 4.74 Å². The average molecular weight is 530 g/mol. The van der Waals surface area contributed by atoms with Crippen molar-refractivity contribution >= 4 is 17.9 Å². The summed E-state index contributed by atoms with van der Waals surface area (Å²) in [6.07, 6.45) is 6.33. The maximum absolute atomic E-state index is 14.1. The number of rotatable bonds is 10. The Kier molecular flexibility index (Phi) is 11.7.